The number of amides is 2. The molecule has 0 radical (unpaired) electrons. The van der Waals surface area contributed by atoms with E-state index in [1.807, 2.05) is 19.2 Å². The third-order valence-electron chi connectivity index (χ3n) is 3.33. The highest BCUT2D eigenvalue weighted by Crippen LogP contribution is 2.20. The predicted molar refractivity (Wildman–Crippen MR) is 81.2 cm³/mol. The maximum atomic E-state index is 12.1. The molecular weight excluding hydrogens is 290 g/mol. The first-order valence-corrected chi connectivity index (χ1v) is 8.06. The van der Waals surface area contributed by atoms with Gasteiger partial charge in [0.15, 0.2) is 5.13 Å². The van der Waals surface area contributed by atoms with Gasteiger partial charge in [-0.2, -0.15) is 0 Å². The van der Waals surface area contributed by atoms with Crippen molar-refractivity contribution >= 4 is 28.5 Å². The maximum absolute atomic E-state index is 12.1. The number of hydrogen-bond donors (Lipinski definition) is 1. The van der Waals surface area contributed by atoms with Crippen molar-refractivity contribution in [2.24, 2.45) is 11.8 Å². The molecule has 2 rings (SSSR count). The van der Waals surface area contributed by atoms with Gasteiger partial charge < -0.3 is 15.0 Å². The Hall–Kier alpha value is -1.63. The van der Waals surface area contributed by atoms with Crippen molar-refractivity contribution in [3.05, 3.63) is 11.6 Å². The van der Waals surface area contributed by atoms with Gasteiger partial charge in [0.2, 0.25) is 5.91 Å². The molecule has 1 fully saturated rings. The van der Waals surface area contributed by atoms with E-state index in [-0.39, 0.29) is 17.9 Å². The van der Waals surface area contributed by atoms with Crippen molar-refractivity contribution in [2.75, 3.05) is 25.0 Å². The number of hydrogen-bond acceptors (Lipinski definition) is 5. The predicted octanol–water partition coefficient (Wildman–Crippen LogP) is 2.59. The number of carbonyl (C=O) groups excluding carboxylic acids is 2. The lowest BCUT2D eigenvalue weighted by Gasteiger charge is -2.30. The van der Waals surface area contributed by atoms with Crippen LogP contribution in [0.15, 0.2) is 11.6 Å². The fraction of sp³-hybridized carbons (Fsp3) is 0.643. The fourth-order valence-corrected chi connectivity index (χ4v) is 2.68. The van der Waals surface area contributed by atoms with Crippen LogP contribution in [0.1, 0.15) is 26.7 Å². The smallest absolute Gasteiger partial charge is 0.409 e. The largest absolute Gasteiger partial charge is 0.449 e. The highest BCUT2D eigenvalue weighted by Gasteiger charge is 2.28. The summed E-state index contributed by atoms with van der Waals surface area (Å²) < 4.78 is 5.20. The normalized spacial score (nSPS) is 16.0. The zero-order valence-electron chi connectivity index (χ0n) is 12.4. The Bertz CT molecular complexity index is 468. The number of thiazole rings is 1. The van der Waals surface area contributed by atoms with Crippen LogP contribution in [0.25, 0.3) is 0 Å². The average Bonchev–Trinajstić information content (AvgIpc) is 2.97. The molecule has 21 heavy (non-hydrogen) atoms. The van der Waals surface area contributed by atoms with Gasteiger partial charge in [0.05, 0.1) is 6.61 Å². The SMILES string of the molecule is CC(C)COC(=O)N1CCC(C(=O)Nc2nccs2)CC1. The molecule has 7 heteroatoms. The molecule has 0 spiro atoms. The van der Waals surface area contributed by atoms with Gasteiger partial charge in [0.1, 0.15) is 0 Å². The molecule has 2 heterocycles. The van der Waals surface area contributed by atoms with Crippen LogP contribution in [-0.4, -0.2) is 41.6 Å². The summed E-state index contributed by atoms with van der Waals surface area (Å²) in [4.78, 5) is 29.6. The molecule has 0 unspecified atom stereocenters. The molecule has 2 amide bonds. The van der Waals surface area contributed by atoms with Crippen molar-refractivity contribution in [1.29, 1.82) is 0 Å². The Morgan fingerprint density at radius 1 is 1.48 bits per heavy atom. The maximum Gasteiger partial charge on any atom is 0.409 e. The summed E-state index contributed by atoms with van der Waals surface area (Å²) >= 11 is 1.40. The molecule has 0 atom stereocenters. The van der Waals surface area contributed by atoms with Gasteiger partial charge in [0, 0.05) is 30.6 Å². The Balaban J connectivity index is 1.75. The highest BCUT2D eigenvalue weighted by molar-refractivity contribution is 7.13. The van der Waals surface area contributed by atoms with Crippen molar-refractivity contribution in [3.8, 4) is 0 Å². The number of likely N-dealkylation sites (tertiary alicyclic amines) is 1. The molecule has 0 aromatic carbocycles. The molecule has 0 aliphatic carbocycles. The minimum absolute atomic E-state index is 0.0138. The second-order valence-electron chi connectivity index (χ2n) is 5.56. The summed E-state index contributed by atoms with van der Waals surface area (Å²) in [6.07, 6.45) is 2.71. The molecule has 6 nitrogen and oxygen atoms in total. The van der Waals surface area contributed by atoms with Crippen LogP contribution in [0.3, 0.4) is 0 Å². The van der Waals surface area contributed by atoms with Crippen LogP contribution >= 0.6 is 11.3 Å². The Morgan fingerprint density at radius 2 is 2.19 bits per heavy atom. The van der Waals surface area contributed by atoms with Gasteiger partial charge in [-0.3, -0.25) is 4.79 Å². The third kappa shape index (κ3) is 4.70. The van der Waals surface area contributed by atoms with E-state index < -0.39 is 0 Å². The number of anilines is 1. The highest BCUT2D eigenvalue weighted by atomic mass is 32.1. The fourth-order valence-electron chi connectivity index (χ4n) is 2.15. The summed E-state index contributed by atoms with van der Waals surface area (Å²) in [5.74, 6) is 0.249. The molecule has 1 aromatic heterocycles. The molecule has 1 aliphatic heterocycles. The number of aromatic nitrogens is 1. The van der Waals surface area contributed by atoms with E-state index in [9.17, 15) is 9.59 Å². The molecular formula is C14H21N3O3S. The summed E-state index contributed by atoms with van der Waals surface area (Å²) in [6, 6.07) is 0. The first kappa shape index (κ1) is 15.8. The Kier molecular flexibility index (Phi) is 5.55. The van der Waals surface area contributed by atoms with Crippen LogP contribution < -0.4 is 5.32 Å². The molecule has 116 valence electrons. The van der Waals surface area contributed by atoms with Crippen molar-refractivity contribution in [2.45, 2.75) is 26.7 Å². The molecule has 1 aliphatic rings. The summed E-state index contributed by atoms with van der Waals surface area (Å²) in [6.45, 7) is 5.56. The van der Waals surface area contributed by atoms with Crippen LogP contribution in [0.4, 0.5) is 9.93 Å². The van der Waals surface area contributed by atoms with E-state index in [0.717, 1.165) is 0 Å². The van der Waals surface area contributed by atoms with Gasteiger partial charge in [-0.25, -0.2) is 9.78 Å². The van der Waals surface area contributed by atoms with E-state index in [1.54, 1.807) is 11.1 Å². The summed E-state index contributed by atoms with van der Waals surface area (Å²) in [5, 5.41) is 5.26. The number of nitrogens with zero attached hydrogens (tertiary/aromatic N) is 2. The molecule has 1 aromatic rings. The van der Waals surface area contributed by atoms with E-state index in [2.05, 4.69) is 10.3 Å². The van der Waals surface area contributed by atoms with E-state index in [1.165, 1.54) is 11.3 Å². The number of nitrogens with one attached hydrogen (secondary N) is 1. The number of rotatable bonds is 4. The summed E-state index contributed by atoms with van der Waals surface area (Å²) in [7, 11) is 0. The van der Waals surface area contributed by atoms with E-state index in [0.29, 0.717) is 43.6 Å². The van der Waals surface area contributed by atoms with E-state index in [4.69, 9.17) is 4.74 Å². The van der Waals surface area contributed by atoms with Gasteiger partial charge in [0.25, 0.3) is 0 Å². The van der Waals surface area contributed by atoms with Gasteiger partial charge >= 0.3 is 6.09 Å². The monoisotopic (exact) mass is 311 g/mol. The lowest BCUT2D eigenvalue weighted by molar-refractivity contribution is -0.121. The molecule has 0 saturated carbocycles. The molecule has 1 saturated heterocycles. The third-order valence-corrected chi connectivity index (χ3v) is 4.02. The minimum atomic E-state index is -0.275. The zero-order valence-corrected chi connectivity index (χ0v) is 13.2. The van der Waals surface area contributed by atoms with Gasteiger partial charge in [-0.1, -0.05) is 13.8 Å². The van der Waals surface area contributed by atoms with Gasteiger partial charge in [-0.05, 0) is 18.8 Å². The number of carbonyl (C=O) groups is 2. The van der Waals surface area contributed by atoms with E-state index >= 15 is 0 Å². The standard InChI is InChI=1S/C14H21N3O3S/c1-10(2)9-20-14(19)17-6-3-11(4-7-17)12(18)16-13-15-5-8-21-13/h5,8,10-11H,3-4,6-7,9H2,1-2H3,(H,15,16,18). The van der Waals surface area contributed by atoms with Crippen molar-refractivity contribution in [1.82, 2.24) is 9.88 Å². The van der Waals surface area contributed by atoms with Crippen molar-refractivity contribution in [3.63, 3.8) is 0 Å². The zero-order chi connectivity index (χ0) is 15.2. The topological polar surface area (TPSA) is 71.5 Å². The Morgan fingerprint density at radius 3 is 2.76 bits per heavy atom. The first-order chi connectivity index (χ1) is 10.1. The van der Waals surface area contributed by atoms with Crippen LogP contribution in [0, 0.1) is 11.8 Å². The first-order valence-electron chi connectivity index (χ1n) is 7.18. The molecule has 0 bridgehead atoms. The Labute approximate surface area is 128 Å². The second-order valence-corrected chi connectivity index (χ2v) is 6.45. The quantitative estimate of drug-likeness (QED) is 0.927. The summed E-state index contributed by atoms with van der Waals surface area (Å²) in [5.41, 5.74) is 0. The lowest BCUT2D eigenvalue weighted by Crippen LogP contribution is -2.42. The van der Waals surface area contributed by atoms with Crippen LogP contribution in [-0.2, 0) is 9.53 Å². The lowest BCUT2D eigenvalue weighted by atomic mass is 9.96. The van der Waals surface area contributed by atoms with Crippen LogP contribution in [0.5, 0.6) is 0 Å². The van der Waals surface area contributed by atoms with Gasteiger partial charge in [-0.15, -0.1) is 11.3 Å². The van der Waals surface area contributed by atoms with Crippen molar-refractivity contribution < 1.29 is 14.3 Å². The number of piperidine rings is 1. The number of ether oxygens (including phenoxy) is 1. The average molecular weight is 311 g/mol. The second kappa shape index (κ2) is 7.40. The minimum Gasteiger partial charge on any atom is -0.449 e. The van der Waals surface area contributed by atoms with Crippen LogP contribution in [0.2, 0.25) is 0 Å². The molecule has 1 N–H and O–H groups in total.